The molecule has 0 spiro atoms. The molecule has 0 heterocycles. The molecular weight excluding hydrogens is 180 g/mol. The molecule has 0 aromatic heterocycles. The average molecular weight is 188 g/mol. The summed E-state index contributed by atoms with van der Waals surface area (Å²) in [6.07, 6.45) is 0.654. The van der Waals surface area contributed by atoms with Gasteiger partial charge in [0.2, 0.25) is 0 Å². The number of benzene rings is 2. The van der Waals surface area contributed by atoms with Gasteiger partial charge in [-0.3, -0.25) is 4.79 Å². The van der Waals surface area contributed by atoms with Gasteiger partial charge in [0.05, 0.1) is 0 Å². The Balaban J connectivity index is 2.96. The van der Waals surface area contributed by atoms with Gasteiger partial charge >= 0.3 is 0 Å². The predicted molar refractivity (Wildman–Crippen MR) is 52.7 cm³/mol. The summed E-state index contributed by atoms with van der Waals surface area (Å²) < 4.78 is 0. The molecule has 0 fully saturated rings. The monoisotopic (exact) mass is 188 g/mol. The molecular formula is C11H8O3. The fourth-order valence-corrected chi connectivity index (χ4v) is 1.47. The first-order valence-corrected chi connectivity index (χ1v) is 4.13. The highest BCUT2D eigenvalue weighted by Crippen LogP contribution is 2.35. The number of rotatable bonds is 1. The summed E-state index contributed by atoms with van der Waals surface area (Å²) in [5.74, 6) is -0.461. The minimum absolute atomic E-state index is 0.189. The first-order chi connectivity index (χ1) is 6.74. The van der Waals surface area contributed by atoms with Gasteiger partial charge in [0.25, 0.3) is 0 Å². The van der Waals surface area contributed by atoms with E-state index < -0.39 is 0 Å². The van der Waals surface area contributed by atoms with E-state index in [0.29, 0.717) is 22.6 Å². The fraction of sp³-hybridized carbons (Fsp3) is 0. The standard InChI is InChI=1S/C11H8O3/c12-6-7-5-10(13)11(14)9-4-2-1-3-8(7)9/h1-6,13-14H. The maximum atomic E-state index is 10.7. The van der Waals surface area contributed by atoms with Crippen LogP contribution in [0.3, 0.4) is 0 Å². The number of carbonyl (C=O) groups excluding carboxylic acids is 1. The van der Waals surface area contributed by atoms with Crippen LogP contribution in [0.5, 0.6) is 11.5 Å². The van der Waals surface area contributed by atoms with Crippen molar-refractivity contribution in [1.82, 2.24) is 0 Å². The van der Waals surface area contributed by atoms with Crippen LogP contribution >= 0.6 is 0 Å². The van der Waals surface area contributed by atoms with E-state index >= 15 is 0 Å². The van der Waals surface area contributed by atoms with Gasteiger partial charge in [-0.15, -0.1) is 0 Å². The van der Waals surface area contributed by atoms with Crippen molar-refractivity contribution in [3.8, 4) is 11.5 Å². The van der Waals surface area contributed by atoms with Crippen molar-refractivity contribution < 1.29 is 15.0 Å². The van der Waals surface area contributed by atoms with E-state index in [4.69, 9.17) is 0 Å². The van der Waals surface area contributed by atoms with Crippen molar-refractivity contribution in [3.63, 3.8) is 0 Å². The molecule has 70 valence electrons. The van der Waals surface area contributed by atoms with E-state index in [1.165, 1.54) is 6.07 Å². The van der Waals surface area contributed by atoms with E-state index in [1.807, 2.05) is 0 Å². The van der Waals surface area contributed by atoms with E-state index in [0.717, 1.165) is 0 Å². The number of phenols is 2. The summed E-state index contributed by atoms with van der Waals surface area (Å²) in [5.41, 5.74) is 0.371. The molecule has 2 N–H and O–H groups in total. The van der Waals surface area contributed by atoms with Gasteiger partial charge in [-0.2, -0.15) is 0 Å². The van der Waals surface area contributed by atoms with E-state index in [-0.39, 0.29) is 11.5 Å². The number of aldehydes is 1. The number of aromatic hydroxyl groups is 2. The Morgan fingerprint density at radius 1 is 1.07 bits per heavy atom. The van der Waals surface area contributed by atoms with E-state index in [1.54, 1.807) is 24.3 Å². The van der Waals surface area contributed by atoms with Gasteiger partial charge in [-0.1, -0.05) is 24.3 Å². The Kier molecular flexibility index (Phi) is 1.85. The van der Waals surface area contributed by atoms with Gasteiger partial charge in [0.1, 0.15) is 0 Å². The van der Waals surface area contributed by atoms with Gasteiger partial charge in [-0.25, -0.2) is 0 Å². The number of phenolic OH excluding ortho intramolecular Hbond substituents is 2. The maximum absolute atomic E-state index is 10.7. The van der Waals surface area contributed by atoms with Crippen LogP contribution in [0, 0.1) is 0 Å². The Bertz CT molecular complexity index is 503. The minimum Gasteiger partial charge on any atom is -0.504 e. The number of carbonyl (C=O) groups is 1. The molecule has 0 aliphatic rings. The summed E-state index contributed by atoms with van der Waals surface area (Å²) in [4.78, 5) is 10.7. The number of fused-ring (bicyclic) bond motifs is 1. The molecule has 2 aromatic carbocycles. The third-order valence-electron chi connectivity index (χ3n) is 2.15. The van der Waals surface area contributed by atoms with E-state index in [9.17, 15) is 15.0 Å². The summed E-state index contributed by atoms with van der Waals surface area (Å²) in [6, 6.07) is 8.13. The highest BCUT2D eigenvalue weighted by Gasteiger charge is 2.08. The predicted octanol–water partition coefficient (Wildman–Crippen LogP) is 2.06. The van der Waals surface area contributed by atoms with Crippen LogP contribution in [-0.4, -0.2) is 16.5 Å². The summed E-state index contributed by atoms with van der Waals surface area (Å²) in [5, 5.41) is 20.0. The molecule has 0 atom stereocenters. The summed E-state index contributed by atoms with van der Waals surface area (Å²) >= 11 is 0. The second kappa shape index (κ2) is 3.03. The molecule has 2 rings (SSSR count). The van der Waals surface area contributed by atoms with Crippen LogP contribution < -0.4 is 0 Å². The Morgan fingerprint density at radius 3 is 2.36 bits per heavy atom. The third kappa shape index (κ3) is 1.10. The molecule has 14 heavy (non-hydrogen) atoms. The quantitative estimate of drug-likeness (QED) is 0.532. The zero-order chi connectivity index (χ0) is 10.1. The topological polar surface area (TPSA) is 57.5 Å². The maximum Gasteiger partial charge on any atom is 0.165 e. The number of hydrogen-bond donors (Lipinski definition) is 2. The van der Waals surface area contributed by atoms with Crippen LogP contribution in [0.15, 0.2) is 30.3 Å². The smallest absolute Gasteiger partial charge is 0.165 e. The molecule has 0 aliphatic carbocycles. The summed E-state index contributed by atoms with van der Waals surface area (Å²) in [6.45, 7) is 0. The SMILES string of the molecule is O=Cc1cc(O)c(O)c2ccccc12. The first kappa shape index (κ1) is 8.56. The second-order valence-corrected chi connectivity index (χ2v) is 3.00. The molecule has 0 unspecified atom stereocenters. The molecule has 0 amide bonds. The highest BCUT2D eigenvalue weighted by atomic mass is 16.3. The molecule has 0 saturated heterocycles. The average Bonchev–Trinajstić information content (AvgIpc) is 2.23. The van der Waals surface area contributed by atoms with Crippen molar-refractivity contribution in [2.24, 2.45) is 0 Å². The Morgan fingerprint density at radius 2 is 1.71 bits per heavy atom. The lowest BCUT2D eigenvalue weighted by Gasteiger charge is -2.05. The molecule has 0 aliphatic heterocycles. The van der Waals surface area contributed by atoms with Crippen molar-refractivity contribution >= 4 is 17.1 Å². The van der Waals surface area contributed by atoms with Gasteiger partial charge in [-0.05, 0) is 11.5 Å². The normalized spacial score (nSPS) is 10.3. The minimum atomic E-state index is -0.272. The molecule has 0 saturated carbocycles. The fourth-order valence-electron chi connectivity index (χ4n) is 1.47. The van der Waals surface area contributed by atoms with Gasteiger partial charge in [0.15, 0.2) is 17.8 Å². The van der Waals surface area contributed by atoms with Gasteiger partial charge in [0, 0.05) is 10.9 Å². The Hall–Kier alpha value is -2.03. The lowest BCUT2D eigenvalue weighted by atomic mass is 10.0. The Labute approximate surface area is 80.2 Å². The lowest BCUT2D eigenvalue weighted by Crippen LogP contribution is -1.84. The third-order valence-corrected chi connectivity index (χ3v) is 2.15. The largest absolute Gasteiger partial charge is 0.504 e. The highest BCUT2D eigenvalue weighted by molar-refractivity contribution is 6.02. The molecule has 3 nitrogen and oxygen atoms in total. The van der Waals surface area contributed by atoms with Crippen LogP contribution in [-0.2, 0) is 0 Å². The van der Waals surface area contributed by atoms with Crippen molar-refractivity contribution in [1.29, 1.82) is 0 Å². The molecule has 0 radical (unpaired) electrons. The first-order valence-electron chi connectivity index (χ1n) is 4.13. The van der Waals surface area contributed by atoms with Gasteiger partial charge < -0.3 is 10.2 Å². The summed E-state index contributed by atoms with van der Waals surface area (Å²) in [7, 11) is 0. The molecule has 0 bridgehead atoms. The van der Waals surface area contributed by atoms with Crippen LogP contribution in [0.2, 0.25) is 0 Å². The van der Waals surface area contributed by atoms with Crippen LogP contribution in [0.1, 0.15) is 10.4 Å². The second-order valence-electron chi connectivity index (χ2n) is 3.00. The zero-order valence-corrected chi connectivity index (χ0v) is 7.27. The van der Waals surface area contributed by atoms with E-state index in [2.05, 4.69) is 0 Å². The lowest BCUT2D eigenvalue weighted by molar-refractivity contribution is 0.112. The zero-order valence-electron chi connectivity index (χ0n) is 7.27. The van der Waals surface area contributed by atoms with Crippen molar-refractivity contribution in [2.75, 3.05) is 0 Å². The van der Waals surface area contributed by atoms with Crippen molar-refractivity contribution in [2.45, 2.75) is 0 Å². The molecule has 3 heteroatoms. The molecule has 2 aromatic rings. The van der Waals surface area contributed by atoms with Crippen molar-refractivity contribution in [3.05, 3.63) is 35.9 Å². The van der Waals surface area contributed by atoms with Crippen LogP contribution in [0.25, 0.3) is 10.8 Å². The van der Waals surface area contributed by atoms with Crippen LogP contribution in [0.4, 0.5) is 0 Å². The number of hydrogen-bond acceptors (Lipinski definition) is 3.